The van der Waals surface area contributed by atoms with E-state index in [0.717, 1.165) is 18.4 Å². The summed E-state index contributed by atoms with van der Waals surface area (Å²) in [6.45, 7) is 1.92. The minimum atomic E-state index is -0.0232. The van der Waals surface area contributed by atoms with Crippen LogP contribution in [0.3, 0.4) is 0 Å². The fraction of sp³-hybridized carbons (Fsp3) is 0.467. The molecule has 1 aromatic rings. The summed E-state index contributed by atoms with van der Waals surface area (Å²) in [4.78, 5) is 25.4. The minimum absolute atomic E-state index is 0.0232. The smallest absolute Gasteiger partial charge is 0.253 e. The van der Waals surface area contributed by atoms with Gasteiger partial charge >= 0.3 is 0 Å². The highest BCUT2D eigenvalue weighted by Crippen LogP contribution is 2.22. The summed E-state index contributed by atoms with van der Waals surface area (Å²) in [5, 5.41) is 0.579. The number of halogens is 1. The molecule has 0 aliphatic heterocycles. The van der Waals surface area contributed by atoms with Crippen LogP contribution in [-0.2, 0) is 4.79 Å². The standard InChI is InChI=1S/C15H18ClNO2/c1-10-7-11(9-12(16)8-10)15(19)17(2)13-3-5-14(18)6-4-13/h7-9,13H,3-6H2,1-2H3. The predicted octanol–water partition coefficient (Wildman–Crippen LogP) is 3.23. The molecule has 1 aromatic carbocycles. The molecule has 4 heteroatoms. The topological polar surface area (TPSA) is 37.4 Å². The second-order valence-electron chi connectivity index (χ2n) is 5.20. The van der Waals surface area contributed by atoms with E-state index in [1.165, 1.54) is 0 Å². The number of benzene rings is 1. The first-order valence-electron chi connectivity index (χ1n) is 6.53. The van der Waals surface area contributed by atoms with Crippen molar-refractivity contribution in [2.45, 2.75) is 38.6 Å². The highest BCUT2D eigenvalue weighted by molar-refractivity contribution is 6.31. The Labute approximate surface area is 118 Å². The van der Waals surface area contributed by atoms with E-state index in [2.05, 4.69) is 0 Å². The summed E-state index contributed by atoms with van der Waals surface area (Å²) in [6.07, 6.45) is 2.69. The lowest BCUT2D eigenvalue weighted by Crippen LogP contribution is -2.39. The van der Waals surface area contributed by atoms with Crippen molar-refractivity contribution in [2.24, 2.45) is 0 Å². The lowest BCUT2D eigenvalue weighted by molar-refractivity contribution is -0.121. The van der Waals surface area contributed by atoms with Crippen molar-refractivity contribution in [3.63, 3.8) is 0 Å². The van der Waals surface area contributed by atoms with Crippen LogP contribution in [-0.4, -0.2) is 29.7 Å². The largest absolute Gasteiger partial charge is 0.339 e. The van der Waals surface area contributed by atoms with Crippen molar-refractivity contribution in [1.82, 2.24) is 4.90 Å². The number of aryl methyl sites for hydroxylation is 1. The van der Waals surface area contributed by atoms with Gasteiger partial charge in [0.2, 0.25) is 0 Å². The lowest BCUT2D eigenvalue weighted by Gasteiger charge is -2.30. The Morgan fingerprint density at radius 3 is 2.47 bits per heavy atom. The molecule has 0 saturated heterocycles. The summed E-state index contributed by atoms with van der Waals surface area (Å²) in [5.74, 6) is 0.278. The van der Waals surface area contributed by atoms with E-state index in [0.29, 0.717) is 29.2 Å². The quantitative estimate of drug-likeness (QED) is 0.833. The molecular formula is C15H18ClNO2. The van der Waals surface area contributed by atoms with Gasteiger partial charge in [0.1, 0.15) is 5.78 Å². The van der Waals surface area contributed by atoms with Crippen LogP contribution in [0.5, 0.6) is 0 Å². The summed E-state index contributed by atoms with van der Waals surface area (Å²) < 4.78 is 0. The van der Waals surface area contributed by atoms with Gasteiger partial charge in [0, 0.05) is 36.5 Å². The van der Waals surface area contributed by atoms with Gasteiger partial charge in [-0.15, -0.1) is 0 Å². The number of amides is 1. The van der Waals surface area contributed by atoms with Crippen LogP contribution in [0, 0.1) is 6.92 Å². The third kappa shape index (κ3) is 3.35. The summed E-state index contributed by atoms with van der Waals surface area (Å²) in [7, 11) is 1.80. The van der Waals surface area contributed by atoms with Crippen LogP contribution < -0.4 is 0 Å². The molecule has 0 unspecified atom stereocenters. The lowest BCUT2D eigenvalue weighted by atomic mass is 9.93. The zero-order chi connectivity index (χ0) is 14.0. The van der Waals surface area contributed by atoms with Crippen molar-refractivity contribution in [1.29, 1.82) is 0 Å². The Morgan fingerprint density at radius 2 is 1.89 bits per heavy atom. The van der Waals surface area contributed by atoms with Gasteiger partial charge < -0.3 is 4.90 Å². The van der Waals surface area contributed by atoms with Crippen molar-refractivity contribution in [3.8, 4) is 0 Å². The molecule has 1 amide bonds. The van der Waals surface area contributed by atoms with Crippen LogP contribution in [0.15, 0.2) is 18.2 Å². The van der Waals surface area contributed by atoms with E-state index in [1.807, 2.05) is 19.1 Å². The normalized spacial score (nSPS) is 16.5. The molecule has 3 nitrogen and oxygen atoms in total. The number of carbonyl (C=O) groups is 2. The first kappa shape index (κ1) is 14.1. The fourth-order valence-corrected chi connectivity index (χ4v) is 2.83. The maximum atomic E-state index is 12.4. The van der Waals surface area contributed by atoms with E-state index < -0.39 is 0 Å². The highest BCUT2D eigenvalue weighted by Gasteiger charge is 2.26. The first-order valence-corrected chi connectivity index (χ1v) is 6.91. The van der Waals surface area contributed by atoms with Gasteiger partial charge in [-0.05, 0) is 43.5 Å². The molecule has 0 spiro atoms. The molecule has 0 atom stereocenters. The van der Waals surface area contributed by atoms with E-state index in [4.69, 9.17) is 11.6 Å². The number of rotatable bonds is 2. The molecule has 1 aliphatic carbocycles. The second kappa shape index (κ2) is 5.74. The maximum Gasteiger partial charge on any atom is 0.253 e. The van der Waals surface area contributed by atoms with E-state index >= 15 is 0 Å². The Balaban J connectivity index is 2.12. The van der Waals surface area contributed by atoms with Crippen LogP contribution in [0.2, 0.25) is 5.02 Å². The molecule has 102 valence electrons. The fourth-order valence-electron chi connectivity index (χ4n) is 2.54. The molecule has 1 aliphatic rings. The number of hydrogen-bond acceptors (Lipinski definition) is 2. The number of ketones is 1. The van der Waals surface area contributed by atoms with Gasteiger partial charge in [0.05, 0.1) is 0 Å². The molecule has 0 radical (unpaired) electrons. The second-order valence-corrected chi connectivity index (χ2v) is 5.64. The van der Waals surface area contributed by atoms with Gasteiger partial charge in [-0.25, -0.2) is 0 Å². The van der Waals surface area contributed by atoms with Gasteiger partial charge in [0.25, 0.3) is 5.91 Å². The van der Waals surface area contributed by atoms with Gasteiger partial charge in [-0.3, -0.25) is 9.59 Å². The van der Waals surface area contributed by atoms with Gasteiger partial charge in [0.15, 0.2) is 0 Å². The van der Waals surface area contributed by atoms with Crippen molar-refractivity contribution in [3.05, 3.63) is 34.3 Å². The molecule has 19 heavy (non-hydrogen) atoms. The van der Waals surface area contributed by atoms with Crippen LogP contribution in [0.1, 0.15) is 41.6 Å². The van der Waals surface area contributed by atoms with Gasteiger partial charge in [-0.2, -0.15) is 0 Å². The SMILES string of the molecule is Cc1cc(Cl)cc(C(=O)N(C)C2CCC(=O)CC2)c1. The van der Waals surface area contributed by atoms with Crippen LogP contribution in [0.25, 0.3) is 0 Å². The molecule has 0 aromatic heterocycles. The van der Waals surface area contributed by atoms with Gasteiger partial charge in [-0.1, -0.05) is 11.6 Å². The molecule has 0 N–H and O–H groups in total. The van der Waals surface area contributed by atoms with E-state index in [1.54, 1.807) is 18.0 Å². The van der Waals surface area contributed by atoms with Crippen LogP contribution >= 0.6 is 11.6 Å². The minimum Gasteiger partial charge on any atom is -0.339 e. The summed E-state index contributed by atoms with van der Waals surface area (Å²) in [6, 6.07) is 5.53. The Morgan fingerprint density at radius 1 is 1.26 bits per heavy atom. The third-order valence-electron chi connectivity index (χ3n) is 3.67. The first-order chi connectivity index (χ1) is 8.97. The molecule has 0 heterocycles. The van der Waals surface area contributed by atoms with Crippen molar-refractivity contribution < 1.29 is 9.59 Å². The molecular weight excluding hydrogens is 262 g/mol. The monoisotopic (exact) mass is 279 g/mol. The molecule has 0 bridgehead atoms. The average Bonchev–Trinajstić information content (AvgIpc) is 2.37. The van der Waals surface area contributed by atoms with Crippen molar-refractivity contribution >= 4 is 23.3 Å². The number of nitrogens with zero attached hydrogens (tertiary/aromatic N) is 1. The summed E-state index contributed by atoms with van der Waals surface area (Å²) >= 11 is 5.99. The predicted molar refractivity (Wildman–Crippen MR) is 75.5 cm³/mol. The number of hydrogen-bond donors (Lipinski definition) is 0. The zero-order valence-corrected chi connectivity index (χ0v) is 12.0. The maximum absolute atomic E-state index is 12.4. The average molecular weight is 280 g/mol. The van der Waals surface area contributed by atoms with E-state index in [9.17, 15) is 9.59 Å². The third-order valence-corrected chi connectivity index (χ3v) is 3.89. The molecule has 2 rings (SSSR count). The Bertz CT molecular complexity index is 483. The Kier molecular flexibility index (Phi) is 4.25. The highest BCUT2D eigenvalue weighted by atomic mass is 35.5. The van der Waals surface area contributed by atoms with Crippen LogP contribution in [0.4, 0.5) is 0 Å². The Hall–Kier alpha value is -1.35. The molecule has 1 fully saturated rings. The number of carbonyl (C=O) groups excluding carboxylic acids is 2. The van der Waals surface area contributed by atoms with Crippen molar-refractivity contribution in [2.75, 3.05) is 7.05 Å². The molecule has 1 saturated carbocycles. The van der Waals surface area contributed by atoms with E-state index in [-0.39, 0.29) is 11.9 Å². The zero-order valence-electron chi connectivity index (χ0n) is 11.3. The number of Topliss-reactive ketones (excluding diaryl/α,β-unsaturated/α-hetero) is 1. The summed E-state index contributed by atoms with van der Waals surface area (Å²) in [5.41, 5.74) is 1.59.